The van der Waals surface area contributed by atoms with Gasteiger partial charge in [-0.1, -0.05) is 12.1 Å². The van der Waals surface area contributed by atoms with Crippen LogP contribution in [0.5, 0.6) is 0 Å². The van der Waals surface area contributed by atoms with Gasteiger partial charge in [0.05, 0.1) is 36.9 Å². The first kappa shape index (κ1) is 20.8. The van der Waals surface area contributed by atoms with Gasteiger partial charge in [0.25, 0.3) is 0 Å². The van der Waals surface area contributed by atoms with Gasteiger partial charge in [0.2, 0.25) is 0 Å². The van der Waals surface area contributed by atoms with Gasteiger partial charge < -0.3 is 14.8 Å². The highest BCUT2D eigenvalue weighted by atomic mass is 32.1. The van der Waals surface area contributed by atoms with Crippen LogP contribution in [0, 0.1) is 0 Å². The number of thiazole rings is 1. The number of ether oxygens (including phenoxy) is 2. The second kappa shape index (κ2) is 8.59. The fraction of sp³-hybridized carbons (Fsp3) is 0.474. The molecule has 1 N–H and O–H groups in total. The number of nitrogens with one attached hydrogen (secondary N) is 1. The largest absolute Gasteiger partial charge is 0.469 e. The molecule has 152 valence electrons. The van der Waals surface area contributed by atoms with Crippen molar-refractivity contribution in [2.75, 3.05) is 20.3 Å². The summed E-state index contributed by atoms with van der Waals surface area (Å²) in [6.45, 7) is 1.51. The molecule has 1 fully saturated rings. The number of esters is 1. The van der Waals surface area contributed by atoms with Crippen LogP contribution in [0.1, 0.15) is 30.5 Å². The fourth-order valence-corrected chi connectivity index (χ4v) is 3.97. The summed E-state index contributed by atoms with van der Waals surface area (Å²) in [5, 5.41) is 5.88. The molecule has 0 radical (unpaired) electrons. The highest BCUT2D eigenvalue weighted by Crippen LogP contribution is 2.32. The monoisotopic (exact) mass is 414 g/mol. The van der Waals surface area contributed by atoms with Crippen LogP contribution in [-0.4, -0.2) is 36.8 Å². The Bertz CT molecular complexity index is 800. The predicted octanol–water partition coefficient (Wildman–Crippen LogP) is 4.03. The van der Waals surface area contributed by atoms with E-state index >= 15 is 0 Å². The molecule has 0 spiro atoms. The summed E-state index contributed by atoms with van der Waals surface area (Å²) < 4.78 is 48.4. The number of halogens is 3. The van der Waals surface area contributed by atoms with Gasteiger partial charge in [-0.2, -0.15) is 13.2 Å². The van der Waals surface area contributed by atoms with Crippen molar-refractivity contribution in [3.8, 4) is 10.6 Å². The number of hydrogen-bond acceptors (Lipinski definition) is 6. The first-order valence-corrected chi connectivity index (χ1v) is 9.71. The lowest BCUT2D eigenvalue weighted by atomic mass is 9.88. The van der Waals surface area contributed by atoms with E-state index in [0.717, 1.165) is 30.7 Å². The average molecular weight is 414 g/mol. The fourth-order valence-electron chi connectivity index (χ4n) is 3.14. The van der Waals surface area contributed by atoms with Crippen molar-refractivity contribution in [1.29, 1.82) is 0 Å². The number of nitrogens with zero attached hydrogens (tertiary/aromatic N) is 1. The van der Waals surface area contributed by atoms with E-state index in [-0.39, 0.29) is 12.4 Å². The molecule has 1 unspecified atom stereocenters. The van der Waals surface area contributed by atoms with E-state index in [1.807, 2.05) is 5.38 Å². The molecule has 1 aliphatic heterocycles. The quantitative estimate of drug-likeness (QED) is 0.724. The van der Waals surface area contributed by atoms with Crippen molar-refractivity contribution in [1.82, 2.24) is 10.3 Å². The molecule has 2 heterocycles. The highest BCUT2D eigenvalue weighted by Gasteiger charge is 2.35. The number of carbonyl (C=O) groups is 1. The van der Waals surface area contributed by atoms with Crippen LogP contribution >= 0.6 is 11.3 Å². The molecule has 1 aromatic carbocycles. The van der Waals surface area contributed by atoms with E-state index in [4.69, 9.17) is 9.47 Å². The molecule has 1 aliphatic rings. The molecule has 1 aromatic heterocycles. The Morgan fingerprint density at radius 2 is 2.11 bits per heavy atom. The van der Waals surface area contributed by atoms with Gasteiger partial charge in [-0.3, -0.25) is 4.79 Å². The summed E-state index contributed by atoms with van der Waals surface area (Å²) in [6.07, 6.45) is -2.51. The second-order valence-corrected chi connectivity index (χ2v) is 7.62. The summed E-state index contributed by atoms with van der Waals surface area (Å²) in [4.78, 5) is 16.3. The van der Waals surface area contributed by atoms with Crippen LogP contribution in [0.15, 0.2) is 29.6 Å². The molecule has 0 amide bonds. The first-order chi connectivity index (χ1) is 13.3. The molecular weight excluding hydrogens is 393 g/mol. The molecule has 0 bridgehead atoms. The normalized spacial score (nSPS) is 20.1. The van der Waals surface area contributed by atoms with E-state index < -0.39 is 17.3 Å². The molecule has 3 rings (SSSR count). The van der Waals surface area contributed by atoms with Crippen molar-refractivity contribution < 1.29 is 27.4 Å². The van der Waals surface area contributed by atoms with Gasteiger partial charge in [-0.25, -0.2) is 4.98 Å². The first-order valence-electron chi connectivity index (χ1n) is 8.83. The second-order valence-electron chi connectivity index (χ2n) is 6.76. The van der Waals surface area contributed by atoms with Crippen molar-refractivity contribution >= 4 is 17.3 Å². The van der Waals surface area contributed by atoms with E-state index in [0.29, 0.717) is 30.3 Å². The lowest BCUT2D eigenvalue weighted by Crippen LogP contribution is -2.52. The summed E-state index contributed by atoms with van der Waals surface area (Å²) in [7, 11) is 1.36. The molecule has 1 atom stereocenters. The molecule has 28 heavy (non-hydrogen) atoms. The van der Waals surface area contributed by atoms with Crippen LogP contribution in [0.3, 0.4) is 0 Å². The molecule has 9 heteroatoms. The number of methoxy groups -OCH3 is 1. The summed E-state index contributed by atoms with van der Waals surface area (Å²) in [6, 6.07) is 4.96. The molecule has 0 saturated carbocycles. The van der Waals surface area contributed by atoms with E-state index in [1.54, 1.807) is 0 Å². The third kappa shape index (κ3) is 5.09. The van der Waals surface area contributed by atoms with Gasteiger partial charge in [0.1, 0.15) is 5.01 Å². The van der Waals surface area contributed by atoms with Gasteiger partial charge >= 0.3 is 12.1 Å². The predicted molar refractivity (Wildman–Crippen MR) is 98.8 cm³/mol. The van der Waals surface area contributed by atoms with E-state index in [1.165, 1.54) is 30.6 Å². The van der Waals surface area contributed by atoms with Crippen LogP contribution in [-0.2, 0) is 27.0 Å². The van der Waals surface area contributed by atoms with Crippen LogP contribution in [0.4, 0.5) is 13.2 Å². The zero-order valence-corrected chi connectivity index (χ0v) is 16.2. The maximum Gasteiger partial charge on any atom is 0.416 e. The van der Waals surface area contributed by atoms with Crippen molar-refractivity contribution in [3.05, 3.63) is 40.9 Å². The van der Waals surface area contributed by atoms with Gasteiger partial charge in [-0.15, -0.1) is 11.3 Å². The number of carbonyl (C=O) groups excluding carboxylic acids is 1. The van der Waals surface area contributed by atoms with Crippen LogP contribution < -0.4 is 5.32 Å². The zero-order valence-electron chi connectivity index (χ0n) is 15.3. The minimum Gasteiger partial charge on any atom is -0.469 e. The third-order valence-electron chi connectivity index (χ3n) is 4.69. The summed E-state index contributed by atoms with van der Waals surface area (Å²) in [5.41, 5.74) is 0.213. The van der Waals surface area contributed by atoms with Gasteiger partial charge in [0, 0.05) is 24.1 Å². The van der Waals surface area contributed by atoms with E-state index in [2.05, 4.69) is 10.3 Å². The van der Waals surface area contributed by atoms with Crippen LogP contribution in [0.25, 0.3) is 10.6 Å². The lowest BCUT2D eigenvalue weighted by molar-refractivity contribution is -0.144. The minimum atomic E-state index is -4.35. The Labute approximate surface area is 164 Å². The Kier molecular flexibility index (Phi) is 6.36. The number of benzene rings is 1. The Balaban J connectivity index is 1.67. The number of rotatable bonds is 6. The topological polar surface area (TPSA) is 60.5 Å². The SMILES string of the molecule is COC(=O)CC1(NCc2csc(-c3ccc(C(F)(F)F)cc3)n2)CCCOC1. The molecule has 0 aliphatic carbocycles. The molecular formula is C19H21F3N2O3S. The Morgan fingerprint density at radius 3 is 2.71 bits per heavy atom. The molecule has 5 nitrogen and oxygen atoms in total. The summed E-state index contributed by atoms with van der Waals surface area (Å²) >= 11 is 1.36. The molecule has 2 aromatic rings. The Morgan fingerprint density at radius 1 is 1.36 bits per heavy atom. The highest BCUT2D eigenvalue weighted by molar-refractivity contribution is 7.13. The van der Waals surface area contributed by atoms with E-state index in [9.17, 15) is 18.0 Å². The maximum atomic E-state index is 12.7. The standard InChI is InChI=1S/C19H21F3N2O3S/c1-26-16(25)9-18(7-2-8-27-12-18)23-10-15-11-28-17(24-15)13-3-5-14(6-4-13)19(20,21)22/h3-6,11,23H,2,7-10,12H2,1H3. The van der Waals surface area contributed by atoms with Crippen molar-refractivity contribution in [2.24, 2.45) is 0 Å². The number of hydrogen-bond donors (Lipinski definition) is 1. The zero-order chi connectivity index (χ0) is 20.2. The van der Waals surface area contributed by atoms with Crippen molar-refractivity contribution in [3.63, 3.8) is 0 Å². The summed E-state index contributed by atoms with van der Waals surface area (Å²) in [5.74, 6) is -0.304. The van der Waals surface area contributed by atoms with Gasteiger partial charge in [-0.05, 0) is 25.0 Å². The number of alkyl halides is 3. The molecule has 1 saturated heterocycles. The smallest absolute Gasteiger partial charge is 0.416 e. The third-order valence-corrected chi connectivity index (χ3v) is 5.63. The maximum absolute atomic E-state index is 12.7. The minimum absolute atomic E-state index is 0.208. The van der Waals surface area contributed by atoms with Gasteiger partial charge in [0.15, 0.2) is 0 Å². The van der Waals surface area contributed by atoms with Crippen molar-refractivity contribution in [2.45, 2.75) is 37.5 Å². The Hall–Kier alpha value is -1.97. The average Bonchev–Trinajstić information content (AvgIpc) is 3.16. The number of aromatic nitrogens is 1. The lowest BCUT2D eigenvalue weighted by Gasteiger charge is -2.37. The van der Waals surface area contributed by atoms with Crippen LogP contribution in [0.2, 0.25) is 0 Å².